The number of nitrogens with zero attached hydrogens (tertiary/aromatic N) is 3. The molecule has 2 aromatic rings. The number of piperidine rings is 1. The third-order valence-electron chi connectivity index (χ3n) is 4.70. The largest absolute Gasteiger partial charge is 0.393 e. The second kappa shape index (κ2) is 7.23. The Hall–Kier alpha value is -2.41. The zero-order valence-corrected chi connectivity index (χ0v) is 14.4. The molecule has 2 N–H and O–H groups in total. The van der Waals surface area contributed by atoms with Gasteiger partial charge in [0.05, 0.1) is 11.8 Å². The molecule has 0 bridgehead atoms. The minimum Gasteiger partial charge on any atom is -0.393 e. The van der Waals surface area contributed by atoms with Crippen molar-refractivity contribution in [2.24, 2.45) is 5.92 Å². The second-order valence-electron chi connectivity index (χ2n) is 6.55. The first-order chi connectivity index (χ1) is 11.9. The van der Waals surface area contributed by atoms with Crippen LogP contribution in [0.25, 0.3) is 5.69 Å². The van der Waals surface area contributed by atoms with Gasteiger partial charge in [-0.25, -0.2) is 13.9 Å². The van der Waals surface area contributed by atoms with Gasteiger partial charge in [-0.05, 0) is 56.9 Å². The molecule has 2 amide bonds. The highest BCUT2D eigenvalue weighted by Crippen LogP contribution is 2.21. The van der Waals surface area contributed by atoms with Crippen molar-refractivity contribution in [3.05, 3.63) is 41.8 Å². The number of nitrogens with one attached hydrogen (secondary N) is 1. The zero-order chi connectivity index (χ0) is 18.0. The second-order valence-corrected chi connectivity index (χ2v) is 6.55. The van der Waals surface area contributed by atoms with Gasteiger partial charge in [-0.2, -0.15) is 0 Å². The van der Waals surface area contributed by atoms with E-state index in [-0.39, 0.29) is 23.9 Å². The van der Waals surface area contributed by atoms with Gasteiger partial charge in [-0.1, -0.05) is 0 Å². The summed E-state index contributed by atoms with van der Waals surface area (Å²) < 4.78 is 14.7. The molecule has 6 nitrogen and oxygen atoms in total. The summed E-state index contributed by atoms with van der Waals surface area (Å²) in [5.41, 5.74) is 1.58. The van der Waals surface area contributed by atoms with Gasteiger partial charge in [0.1, 0.15) is 5.82 Å². The minimum absolute atomic E-state index is 0.187. The fraction of sp³-hybridized carbons (Fsp3) is 0.444. The normalized spacial score (nSPS) is 16.7. The van der Waals surface area contributed by atoms with Crippen molar-refractivity contribution in [2.75, 3.05) is 18.4 Å². The first-order valence-electron chi connectivity index (χ1n) is 8.50. The summed E-state index contributed by atoms with van der Waals surface area (Å²) in [6, 6.07) is 7.63. The Morgan fingerprint density at radius 2 is 1.96 bits per heavy atom. The number of rotatable bonds is 3. The SMILES string of the molecule is Cc1cc(NC(=O)N2CCC(C(C)O)CC2)nn1-c1ccc(F)cc1. The summed E-state index contributed by atoms with van der Waals surface area (Å²) in [7, 11) is 0. The number of aliphatic hydroxyl groups is 1. The molecule has 3 rings (SSSR count). The summed E-state index contributed by atoms with van der Waals surface area (Å²) >= 11 is 0. The number of aliphatic hydroxyl groups excluding tert-OH is 1. The molecule has 2 heterocycles. The Labute approximate surface area is 146 Å². The van der Waals surface area contributed by atoms with Gasteiger partial charge in [0.2, 0.25) is 0 Å². The van der Waals surface area contributed by atoms with Crippen molar-refractivity contribution in [3.63, 3.8) is 0 Å². The number of hydrogen-bond acceptors (Lipinski definition) is 3. The number of amides is 2. The Morgan fingerprint density at radius 3 is 2.56 bits per heavy atom. The number of carbonyl (C=O) groups excluding carboxylic acids is 1. The van der Waals surface area contributed by atoms with E-state index in [1.165, 1.54) is 12.1 Å². The molecule has 1 aliphatic heterocycles. The van der Waals surface area contributed by atoms with Crippen molar-refractivity contribution in [1.29, 1.82) is 0 Å². The lowest BCUT2D eigenvalue weighted by atomic mass is 9.92. The van der Waals surface area contributed by atoms with Crippen molar-refractivity contribution >= 4 is 11.8 Å². The molecule has 1 atom stereocenters. The van der Waals surface area contributed by atoms with Gasteiger partial charge in [0.25, 0.3) is 0 Å². The third-order valence-corrected chi connectivity index (χ3v) is 4.70. The van der Waals surface area contributed by atoms with E-state index in [2.05, 4.69) is 10.4 Å². The van der Waals surface area contributed by atoms with E-state index in [9.17, 15) is 14.3 Å². The number of carbonyl (C=O) groups is 1. The number of aromatic nitrogens is 2. The molecule has 0 radical (unpaired) electrons. The molecule has 0 saturated carbocycles. The van der Waals surface area contributed by atoms with Gasteiger partial charge in [0.15, 0.2) is 5.82 Å². The maximum Gasteiger partial charge on any atom is 0.323 e. The predicted molar refractivity (Wildman–Crippen MR) is 93.3 cm³/mol. The van der Waals surface area contributed by atoms with E-state index < -0.39 is 0 Å². The van der Waals surface area contributed by atoms with E-state index >= 15 is 0 Å². The van der Waals surface area contributed by atoms with Gasteiger partial charge >= 0.3 is 6.03 Å². The van der Waals surface area contributed by atoms with Crippen LogP contribution in [0, 0.1) is 18.7 Å². The minimum atomic E-state index is -0.334. The highest BCUT2D eigenvalue weighted by atomic mass is 19.1. The van der Waals surface area contributed by atoms with E-state index in [1.807, 2.05) is 6.92 Å². The van der Waals surface area contributed by atoms with Crippen LogP contribution in [0.5, 0.6) is 0 Å². The number of urea groups is 1. The summed E-state index contributed by atoms with van der Waals surface area (Å²) in [6.07, 6.45) is 1.27. The number of likely N-dealkylation sites (tertiary alicyclic amines) is 1. The average molecular weight is 346 g/mol. The molecule has 7 heteroatoms. The standard InChI is InChI=1S/C18H23FN4O2/c1-12-11-17(21-23(12)16-5-3-15(19)4-6-16)20-18(25)22-9-7-14(8-10-22)13(2)24/h3-6,11,13-14,24H,7-10H2,1-2H3,(H,20,21,25). The van der Waals surface area contributed by atoms with Crippen LogP contribution in [-0.2, 0) is 0 Å². The Bertz CT molecular complexity index is 734. The van der Waals surface area contributed by atoms with Crippen LogP contribution in [0.1, 0.15) is 25.5 Å². The lowest BCUT2D eigenvalue weighted by Gasteiger charge is -2.33. The number of hydrogen-bond donors (Lipinski definition) is 2. The first kappa shape index (κ1) is 17.4. The lowest BCUT2D eigenvalue weighted by Crippen LogP contribution is -2.42. The van der Waals surface area contributed by atoms with Crippen molar-refractivity contribution in [2.45, 2.75) is 32.8 Å². The van der Waals surface area contributed by atoms with E-state index in [0.717, 1.165) is 24.2 Å². The summed E-state index contributed by atoms with van der Waals surface area (Å²) in [5.74, 6) is 0.413. The van der Waals surface area contributed by atoms with Crippen LogP contribution < -0.4 is 5.32 Å². The van der Waals surface area contributed by atoms with E-state index in [1.54, 1.807) is 34.7 Å². The van der Waals surface area contributed by atoms with Gasteiger partial charge in [-0.15, -0.1) is 5.10 Å². The fourth-order valence-electron chi connectivity index (χ4n) is 3.15. The topological polar surface area (TPSA) is 70.4 Å². The maximum atomic E-state index is 13.1. The quantitative estimate of drug-likeness (QED) is 0.898. The van der Waals surface area contributed by atoms with Crippen LogP contribution in [0.15, 0.2) is 30.3 Å². The first-order valence-corrected chi connectivity index (χ1v) is 8.50. The maximum absolute atomic E-state index is 13.1. The predicted octanol–water partition coefficient (Wildman–Crippen LogP) is 2.94. The molecule has 1 aliphatic rings. The molecule has 1 aromatic carbocycles. The zero-order valence-electron chi connectivity index (χ0n) is 14.4. The van der Waals surface area contributed by atoms with Crippen molar-refractivity contribution in [3.8, 4) is 5.69 Å². The van der Waals surface area contributed by atoms with Gasteiger partial charge in [0, 0.05) is 24.8 Å². The van der Waals surface area contributed by atoms with Crippen molar-refractivity contribution in [1.82, 2.24) is 14.7 Å². The molecule has 0 spiro atoms. The lowest BCUT2D eigenvalue weighted by molar-refractivity contribution is 0.0820. The van der Waals surface area contributed by atoms with Crippen LogP contribution in [0.3, 0.4) is 0 Å². The van der Waals surface area contributed by atoms with E-state index in [4.69, 9.17) is 0 Å². The summed E-state index contributed by atoms with van der Waals surface area (Å²) in [6.45, 7) is 4.92. The average Bonchev–Trinajstić information content (AvgIpc) is 2.96. The highest BCUT2D eigenvalue weighted by molar-refractivity contribution is 5.88. The number of halogens is 1. The Kier molecular flexibility index (Phi) is 5.03. The summed E-state index contributed by atoms with van der Waals surface area (Å²) in [4.78, 5) is 14.1. The number of aryl methyl sites for hydroxylation is 1. The molecule has 1 unspecified atom stereocenters. The molecular weight excluding hydrogens is 323 g/mol. The van der Waals surface area contributed by atoms with Gasteiger partial charge < -0.3 is 10.0 Å². The monoisotopic (exact) mass is 346 g/mol. The number of benzene rings is 1. The molecule has 25 heavy (non-hydrogen) atoms. The fourth-order valence-corrected chi connectivity index (χ4v) is 3.15. The molecular formula is C18H23FN4O2. The van der Waals surface area contributed by atoms with Crippen LogP contribution in [0.4, 0.5) is 15.0 Å². The molecule has 134 valence electrons. The smallest absolute Gasteiger partial charge is 0.323 e. The molecule has 0 aliphatic carbocycles. The Balaban J connectivity index is 1.65. The van der Waals surface area contributed by atoms with Gasteiger partial charge in [-0.3, -0.25) is 5.32 Å². The van der Waals surface area contributed by atoms with Crippen LogP contribution in [-0.4, -0.2) is 45.0 Å². The Morgan fingerprint density at radius 1 is 1.32 bits per heavy atom. The summed E-state index contributed by atoms with van der Waals surface area (Å²) in [5, 5.41) is 16.8. The van der Waals surface area contributed by atoms with E-state index in [0.29, 0.717) is 18.9 Å². The van der Waals surface area contributed by atoms with Crippen LogP contribution >= 0.6 is 0 Å². The van der Waals surface area contributed by atoms with Crippen molar-refractivity contribution < 1.29 is 14.3 Å². The number of anilines is 1. The molecule has 1 fully saturated rings. The molecule has 1 saturated heterocycles. The highest BCUT2D eigenvalue weighted by Gasteiger charge is 2.25. The third kappa shape index (κ3) is 3.99. The van der Waals surface area contributed by atoms with Crippen LogP contribution in [0.2, 0.25) is 0 Å². The molecule has 1 aromatic heterocycles.